The fourth-order valence-electron chi connectivity index (χ4n) is 1.54. The Morgan fingerprint density at radius 3 is 2.62 bits per heavy atom. The Kier molecular flexibility index (Phi) is 3.22. The lowest BCUT2D eigenvalue weighted by molar-refractivity contribution is 0.858. The monoisotopic (exact) mass is 214 g/mol. The molecule has 4 heteroatoms. The van der Waals surface area contributed by atoms with Crippen LogP contribution in [0.15, 0.2) is 30.6 Å². The first kappa shape index (κ1) is 10.7. The van der Waals surface area contributed by atoms with Crippen LogP contribution in [0.3, 0.4) is 0 Å². The molecule has 0 spiro atoms. The van der Waals surface area contributed by atoms with Crippen LogP contribution in [0.5, 0.6) is 0 Å². The van der Waals surface area contributed by atoms with Gasteiger partial charge in [0.1, 0.15) is 5.82 Å². The maximum absolute atomic E-state index is 5.51. The summed E-state index contributed by atoms with van der Waals surface area (Å²) < 4.78 is 0. The predicted molar refractivity (Wildman–Crippen MR) is 62.8 cm³/mol. The molecule has 0 radical (unpaired) electrons. The zero-order valence-corrected chi connectivity index (χ0v) is 9.22. The number of aromatic nitrogens is 3. The Morgan fingerprint density at radius 1 is 1.19 bits per heavy atom. The van der Waals surface area contributed by atoms with Crippen molar-refractivity contribution in [1.29, 1.82) is 0 Å². The molecule has 0 fully saturated rings. The maximum Gasteiger partial charge on any atom is 0.130 e. The van der Waals surface area contributed by atoms with Gasteiger partial charge < -0.3 is 5.73 Å². The average Bonchev–Trinajstić information content (AvgIpc) is 2.30. The van der Waals surface area contributed by atoms with Crippen molar-refractivity contribution >= 4 is 0 Å². The highest BCUT2D eigenvalue weighted by Gasteiger charge is 2.03. The predicted octanol–water partition coefficient (Wildman–Crippen LogP) is 1.35. The van der Waals surface area contributed by atoms with Gasteiger partial charge >= 0.3 is 0 Å². The minimum atomic E-state index is 0.569. The normalized spacial score (nSPS) is 10.4. The van der Waals surface area contributed by atoms with E-state index < -0.39 is 0 Å². The summed E-state index contributed by atoms with van der Waals surface area (Å²) in [6.45, 7) is 2.53. The van der Waals surface area contributed by atoms with Crippen molar-refractivity contribution in [1.82, 2.24) is 15.0 Å². The Morgan fingerprint density at radius 2 is 1.94 bits per heavy atom. The third kappa shape index (κ3) is 2.41. The van der Waals surface area contributed by atoms with Crippen LogP contribution in [0.25, 0.3) is 11.3 Å². The molecule has 2 heterocycles. The van der Waals surface area contributed by atoms with Crippen LogP contribution >= 0.6 is 0 Å². The van der Waals surface area contributed by atoms with Crippen molar-refractivity contribution in [3.05, 3.63) is 42.1 Å². The van der Waals surface area contributed by atoms with Crippen LogP contribution in [0.1, 0.15) is 11.5 Å². The second-order valence-electron chi connectivity index (χ2n) is 3.59. The Hall–Kier alpha value is -1.81. The summed E-state index contributed by atoms with van der Waals surface area (Å²) in [7, 11) is 0. The van der Waals surface area contributed by atoms with Gasteiger partial charge in [-0.15, -0.1) is 0 Å². The van der Waals surface area contributed by atoms with Crippen molar-refractivity contribution in [2.24, 2.45) is 5.73 Å². The average molecular weight is 214 g/mol. The van der Waals surface area contributed by atoms with Gasteiger partial charge in [-0.3, -0.25) is 4.98 Å². The first-order valence-corrected chi connectivity index (χ1v) is 5.24. The standard InChI is InChI=1S/C12H14N4/c1-9-8-11(10-3-6-14-7-4-10)16-12(15-9)2-5-13/h3-4,6-8H,2,5,13H2,1H3. The molecule has 0 aliphatic heterocycles. The third-order valence-corrected chi connectivity index (χ3v) is 2.24. The summed E-state index contributed by atoms with van der Waals surface area (Å²) in [5.74, 6) is 0.800. The van der Waals surface area contributed by atoms with Crippen LogP contribution in [-0.2, 0) is 6.42 Å². The van der Waals surface area contributed by atoms with Crippen LogP contribution in [0, 0.1) is 6.92 Å². The van der Waals surface area contributed by atoms with E-state index in [0.29, 0.717) is 13.0 Å². The van der Waals surface area contributed by atoms with Gasteiger partial charge in [0, 0.05) is 30.1 Å². The second kappa shape index (κ2) is 4.81. The Bertz CT molecular complexity index is 468. The highest BCUT2D eigenvalue weighted by molar-refractivity contribution is 5.58. The van der Waals surface area contributed by atoms with Crippen molar-refractivity contribution < 1.29 is 0 Å². The molecule has 0 atom stereocenters. The fraction of sp³-hybridized carbons (Fsp3) is 0.250. The topological polar surface area (TPSA) is 64.7 Å². The summed E-state index contributed by atoms with van der Waals surface area (Å²) in [6.07, 6.45) is 4.23. The molecule has 0 aromatic carbocycles. The summed E-state index contributed by atoms with van der Waals surface area (Å²) >= 11 is 0. The van der Waals surface area contributed by atoms with Gasteiger partial charge in [0.25, 0.3) is 0 Å². The number of hydrogen-bond donors (Lipinski definition) is 1. The van der Waals surface area contributed by atoms with Crippen molar-refractivity contribution in [2.45, 2.75) is 13.3 Å². The molecule has 0 saturated carbocycles. The van der Waals surface area contributed by atoms with Crippen molar-refractivity contribution in [2.75, 3.05) is 6.54 Å². The van der Waals surface area contributed by atoms with Gasteiger partial charge in [-0.05, 0) is 31.7 Å². The van der Waals surface area contributed by atoms with Gasteiger partial charge in [-0.2, -0.15) is 0 Å². The lowest BCUT2D eigenvalue weighted by atomic mass is 10.1. The van der Waals surface area contributed by atoms with E-state index in [0.717, 1.165) is 22.8 Å². The van der Waals surface area contributed by atoms with E-state index in [1.54, 1.807) is 12.4 Å². The Balaban J connectivity index is 2.41. The molecule has 0 amide bonds. The van der Waals surface area contributed by atoms with Crippen LogP contribution < -0.4 is 5.73 Å². The molecule has 0 aliphatic carbocycles. The molecule has 0 saturated heterocycles. The number of nitrogens with zero attached hydrogens (tertiary/aromatic N) is 3. The molecule has 0 bridgehead atoms. The van der Waals surface area contributed by atoms with E-state index in [1.165, 1.54) is 0 Å². The molecule has 16 heavy (non-hydrogen) atoms. The minimum Gasteiger partial charge on any atom is -0.330 e. The van der Waals surface area contributed by atoms with Crippen molar-refractivity contribution in [3.63, 3.8) is 0 Å². The first-order chi connectivity index (χ1) is 7.79. The second-order valence-corrected chi connectivity index (χ2v) is 3.59. The molecular formula is C12H14N4. The van der Waals surface area contributed by atoms with E-state index >= 15 is 0 Å². The SMILES string of the molecule is Cc1cc(-c2ccncc2)nc(CCN)n1. The highest BCUT2D eigenvalue weighted by atomic mass is 14.9. The number of hydrogen-bond acceptors (Lipinski definition) is 4. The summed E-state index contributed by atoms with van der Waals surface area (Å²) in [5, 5.41) is 0. The molecule has 82 valence electrons. The summed E-state index contributed by atoms with van der Waals surface area (Å²) in [4.78, 5) is 12.8. The summed E-state index contributed by atoms with van der Waals surface area (Å²) in [6, 6.07) is 5.84. The van der Waals surface area contributed by atoms with Gasteiger partial charge in [-0.25, -0.2) is 9.97 Å². The number of aryl methyl sites for hydroxylation is 1. The number of pyridine rings is 1. The third-order valence-electron chi connectivity index (χ3n) is 2.24. The molecule has 4 nitrogen and oxygen atoms in total. The van der Waals surface area contributed by atoms with Gasteiger partial charge in [0.05, 0.1) is 5.69 Å². The van der Waals surface area contributed by atoms with Gasteiger partial charge in [0.15, 0.2) is 0 Å². The number of nitrogens with two attached hydrogens (primary N) is 1. The van der Waals surface area contributed by atoms with E-state index in [-0.39, 0.29) is 0 Å². The largest absolute Gasteiger partial charge is 0.330 e. The van der Waals surface area contributed by atoms with Gasteiger partial charge in [0.2, 0.25) is 0 Å². The molecule has 0 aliphatic rings. The van der Waals surface area contributed by atoms with Gasteiger partial charge in [-0.1, -0.05) is 0 Å². The molecule has 0 unspecified atom stereocenters. The highest BCUT2D eigenvalue weighted by Crippen LogP contribution is 2.16. The fourth-order valence-corrected chi connectivity index (χ4v) is 1.54. The van der Waals surface area contributed by atoms with E-state index in [1.807, 2.05) is 25.1 Å². The van der Waals surface area contributed by atoms with Crippen LogP contribution in [-0.4, -0.2) is 21.5 Å². The van der Waals surface area contributed by atoms with E-state index in [2.05, 4.69) is 15.0 Å². The lowest BCUT2D eigenvalue weighted by Crippen LogP contribution is -2.07. The zero-order chi connectivity index (χ0) is 11.4. The quantitative estimate of drug-likeness (QED) is 0.837. The molecule has 2 aromatic rings. The van der Waals surface area contributed by atoms with Crippen LogP contribution in [0.2, 0.25) is 0 Å². The molecular weight excluding hydrogens is 200 g/mol. The smallest absolute Gasteiger partial charge is 0.130 e. The van der Waals surface area contributed by atoms with Crippen molar-refractivity contribution in [3.8, 4) is 11.3 Å². The molecule has 2 N–H and O–H groups in total. The Labute approximate surface area is 94.6 Å². The lowest BCUT2D eigenvalue weighted by Gasteiger charge is -2.04. The molecule has 2 aromatic heterocycles. The minimum absolute atomic E-state index is 0.569. The summed E-state index contributed by atoms with van der Waals surface area (Å²) in [5.41, 5.74) is 8.46. The zero-order valence-electron chi connectivity index (χ0n) is 9.22. The maximum atomic E-state index is 5.51. The van der Waals surface area contributed by atoms with E-state index in [9.17, 15) is 0 Å². The van der Waals surface area contributed by atoms with E-state index in [4.69, 9.17) is 5.73 Å². The molecule has 2 rings (SSSR count). The first-order valence-electron chi connectivity index (χ1n) is 5.24. The number of rotatable bonds is 3. The van der Waals surface area contributed by atoms with Crippen LogP contribution in [0.4, 0.5) is 0 Å².